The van der Waals surface area contributed by atoms with E-state index in [0.717, 1.165) is 28.0 Å². The van der Waals surface area contributed by atoms with E-state index in [2.05, 4.69) is 0 Å². The molecule has 1 atom stereocenters. The van der Waals surface area contributed by atoms with Gasteiger partial charge in [-0.25, -0.2) is 4.79 Å². The number of carbonyl (C=O) groups excluding carboxylic acids is 1. The van der Waals surface area contributed by atoms with Crippen molar-refractivity contribution in [2.45, 2.75) is 19.6 Å². The summed E-state index contributed by atoms with van der Waals surface area (Å²) in [6.07, 6.45) is 1.90. The number of carbonyl (C=O) groups is 1. The first-order valence-electron chi connectivity index (χ1n) is 8.80. The molecule has 0 bridgehead atoms. The molecule has 1 aromatic heterocycles. The van der Waals surface area contributed by atoms with Gasteiger partial charge in [-0.3, -0.25) is 0 Å². The number of aromatic nitrogens is 1. The van der Waals surface area contributed by atoms with Gasteiger partial charge in [0.15, 0.2) is 0 Å². The molecule has 28 heavy (non-hydrogen) atoms. The van der Waals surface area contributed by atoms with Crippen LogP contribution in [0.1, 0.15) is 34.6 Å². The average Bonchev–Trinajstić information content (AvgIpc) is 3.08. The summed E-state index contributed by atoms with van der Waals surface area (Å²) in [7, 11) is 3.46. The number of hydrogen-bond donors (Lipinski definition) is 1. The summed E-state index contributed by atoms with van der Waals surface area (Å²) in [6, 6.07) is 17.2. The lowest BCUT2D eigenvalue weighted by atomic mass is 10.0. The minimum absolute atomic E-state index is 0. The molecule has 0 saturated heterocycles. The largest absolute Gasteiger partial charge is 0.497 e. The molecule has 0 unspecified atom stereocenters. The predicted octanol–water partition coefficient (Wildman–Crippen LogP) is 4.50. The monoisotopic (exact) mass is 400 g/mol. The Bertz CT molecular complexity index is 936. The van der Waals surface area contributed by atoms with E-state index in [1.165, 1.54) is 0 Å². The first-order chi connectivity index (χ1) is 13.0. The van der Waals surface area contributed by atoms with Crippen molar-refractivity contribution in [1.82, 2.24) is 4.57 Å². The quantitative estimate of drug-likeness (QED) is 0.618. The zero-order chi connectivity index (χ0) is 19.4. The van der Waals surface area contributed by atoms with Crippen molar-refractivity contribution in [3.63, 3.8) is 0 Å². The van der Waals surface area contributed by atoms with Gasteiger partial charge < -0.3 is 19.8 Å². The van der Waals surface area contributed by atoms with Crippen molar-refractivity contribution >= 4 is 18.4 Å². The van der Waals surface area contributed by atoms with Gasteiger partial charge in [0.2, 0.25) is 0 Å². The van der Waals surface area contributed by atoms with E-state index in [9.17, 15) is 4.79 Å². The van der Waals surface area contributed by atoms with E-state index in [1.54, 1.807) is 11.7 Å². The van der Waals surface area contributed by atoms with Crippen molar-refractivity contribution in [2.75, 3.05) is 7.11 Å². The highest BCUT2D eigenvalue weighted by Gasteiger charge is 2.16. The Labute approximate surface area is 171 Å². The van der Waals surface area contributed by atoms with Crippen LogP contribution >= 0.6 is 12.4 Å². The molecule has 0 aliphatic heterocycles. The molecular formula is C22H25ClN2O3. The van der Waals surface area contributed by atoms with E-state index in [0.29, 0.717) is 5.69 Å². The third-order valence-corrected chi connectivity index (χ3v) is 4.45. The van der Waals surface area contributed by atoms with Crippen molar-refractivity contribution in [2.24, 2.45) is 12.8 Å². The fraction of sp³-hybridized carbons (Fsp3) is 0.227. The highest BCUT2D eigenvalue weighted by Crippen LogP contribution is 2.29. The zero-order valence-electron chi connectivity index (χ0n) is 16.2. The van der Waals surface area contributed by atoms with E-state index >= 15 is 0 Å². The Kier molecular flexibility index (Phi) is 7.26. The third-order valence-electron chi connectivity index (χ3n) is 4.45. The Hall–Kier alpha value is -2.76. The van der Waals surface area contributed by atoms with Crippen LogP contribution in [-0.2, 0) is 18.4 Å². The molecule has 0 fully saturated rings. The van der Waals surface area contributed by atoms with Gasteiger partial charge in [-0.05, 0) is 47.9 Å². The highest BCUT2D eigenvalue weighted by atomic mass is 35.5. The summed E-state index contributed by atoms with van der Waals surface area (Å²) in [4.78, 5) is 12.5. The summed E-state index contributed by atoms with van der Waals surface area (Å²) >= 11 is 0. The summed E-state index contributed by atoms with van der Waals surface area (Å²) in [5, 5.41) is 0. The Morgan fingerprint density at radius 1 is 1.11 bits per heavy atom. The molecule has 3 rings (SSSR count). The molecule has 0 amide bonds. The number of nitrogens with two attached hydrogens (primary N) is 1. The SMILES string of the molecule is COc1cc(-c2cc(C(=O)OCc3ccccc3)n(C)c2)cc([C@@H](C)N)c1.Cl. The number of halogens is 1. The number of aryl methyl sites for hydroxylation is 1. The van der Waals surface area contributed by atoms with Crippen LogP contribution in [0.3, 0.4) is 0 Å². The number of methoxy groups -OCH3 is 1. The lowest BCUT2D eigenvalue weighted by Gasteiger charge is -2.11. The van der Waals surface area contributed by atoms with Crippen LogP contribution in [0.4, 0.5) is 0 Å². The van der Waals surface area contributed by atoms with Crippen LogP contribution < -0.4 is 10.5 Å². The molecule has 3 aromatic rings. The molecule has 0 saturated carbocycles. The number of nitrogens with zero attached hydrogens (tertiary/aromatic N) is 1. The third kappa shape index (κ3) is 4.94. The maximum absolute atomic E-state index is 12.5. The van der Waals surface area contributed by atoms with Crippen molar-refractivity contribution in [3.8, 4) is 16.9 Å². The smallest absolute Gasteiger partial charge is 0.355 e. The van der Waals surface area contributed by atoms with Gasteiger partial charge in [-0.1, -0.05) is 30.3 Å². The lowest BCUT2D eigenvalue weighted by Crippen LogP contribution is -2.09. The van der Waals surface area contributed by atoms with Gasteiger partial charge in [0.25, 0.3) is 0 Å². The minimum Gasteiger partial charge on any atom is -0.497 e. The second kappa shape index (κ2) is 9.44. The number of benzene rings is 2. The van der Waals surface area contributed by atoms with Gasteiger partial charge in [-0.15, -0.1) is 12.4 Å². The Morgan fingerprint density at radius 2 is 1.82 bits per heavy atom. The molecule has 0 radical (unpaired) electrons. The van der Waals surface area contributed by atoms with Crippen LogP contribution in [0, 0.1) is 0 Å². The molecule has 5 nitrogen and oxygen atoms in total. The average molecular weight is 401 g/mol. The van der Waals surface area contributed by atoms with Crippen molar-refractivity contribution in [1.29, 1.82) is 0 Å². The Morgan fingerprint density at radius 3 is 2.46 bits per heavy atom. The first kappa shape index (κ1) is 21.5. The fourth-order valence-corrected chi connectivity index (χ4v) is 2.89. The normalized spacial score (nSPS) is 11.4. The van der Waals surface area contributed by atoms with Crippen LogP contribution in [-0.4, -0.2) is 17.6 Å². The second-order valence-electron chi connectivity index (χ2n) is 6.57. The van der Waals surface area contributed by atoms with Crippen LogP contribution in [0.25, 0.3) is 11.1 Å². The first-order valence-corrected chi connectivity index (χ1v) is 8.80. The molecule has 2 N–H and O–H groups in total. The molecule has 1 heterocycles. The van der Waals surface area contributed by atoms with Crippen molar-refractivity contribution < 1.29 is 14.3 Å². The molecule has 0 aliphatic carbocycles. The van der Waals surface area contributed by atoms with E-state index in [-0.39, 0.29) is 31.0 Å². The van der Waals surface area contributed by atoms with Crippen LogP contribution in [0.15, 0.2) is 60.8 Å². The van der Waals surface area contributed by atoms with Gasteiger partial charge in [0, 0.05) is 24.8 Å². The van der Waals surface area contributed by atoms with E-state index in [1.807, 2.05) is 74.8 Å². The summed E-state index contributed by atoms with van der Waals surface area (Å²) in [5.41, 5.74) is 10.3. The number of hydrogen-bond acceptors (Lipinski definition) is 4. The number of rotatable bonds is 6. The van der Waals surface area contributed by atoms with Gasteiger partial charge in [0.05, 0.1) is 7.11 Å². The second-order valence-corrected chi connectivity index (χ2v) is 6.57. The van der Waals surface area contributed by atoms with Gasteiger partial charge in [0.1, 0.15) is 18.1 Å². The standard InChI is InChI=1S/C22H24N2O3.ClH/c1-15(23)17-9-18(11-20(10-17)26-3)19-12-21(24(2)13-19)22(25)27-14-16-7-5-4-6-8-16;/h4-13,15H,14,23H2,1-3H3;1H/t15-;/m1./s1. The molecule has 148 valence electrons. The zero-order valence-corrected chi connectivity index (χ0v) is 17.0. The van der Waals surface area contributed by atoms with E-state index < -0.39 is 0 Å². The maximum Gasteiger partial charge on any atom is 0.355 e. The summed E-state index contributed by atoms with van der Waals surface area (Å²) in [5.74, 6) is 0.375. The summed E-state index contributed by atoms with van der Waals surface area (Å²) < 4.78 is 12.6. The fourth-order valence-electron chi connectivity index (χ4n) is 2.89. The minimum atomic E-state index is -0.358. The molecule has 6 heteroatoms. The molecule has 0 spiro atoms. The van der Waals surface area contributed by atoms with E-state index in [4.69, 9.17) is 15.2 Å². The van der Waals surface area contributed by atoms with Crippen LogP contribution in [0.5, 0.6) is 5.75 Å². The molecule has 2 aromatic carbocycles. The van der Waals surface area contributed by atoms with Gasteiger partial charge in [-0.2, -0.15) is 0 Å². The van der Waals surface area contributed by atoms with Gasteiger partial charge >= 0.3 is 5.97 Å². The molecule has 0 aliphatic rings. The number of esters is 1. The predicted molar refractivity (Wildman–Crippen MR) is 113 cm³/mol. The number of ether oxygens (including phenoxy) is 2. The highest BCUT2D eigenvalue weighted by molar-refractivity contribution is 5.90. The maximum atomic E-state index is 12.5. The van der Waals surface area contributed by atoms with Crippen LogP contribution in [0.2, 0.25) is 0 Å². The molecular weight excluding hydrogens is 376 g/mol. The Balaban J connectivity index is 0.00000280. The topological polar surface area (TPSA) is 66.5 Å². The summed E-state index contributed by atoms with van der Waals surface area (Å²) in [6.45, 7) is 2.17. The lowest BCUT2D eigenvalue weighted by molar-refractivity contribution is 0.0461. The van der Waals surface area contributed by atoms with Crippen molar-refractivity contribution in [3.05, 3.63) is 77.6 Å².